The topological polar surface area (TPSA) is 58.6 Å². The maximum absolute atomic E-state index is 11.3. The molecular formula is C14H24N2O3. The fourth-order valence-electron chi connectivity index (χ4n) is 1.76. The highest BCUT2D eigenvalue weighted by Crippen LogP contribution is 2.12. The van der Waals surface area contributed by atoms with Crippen LogP contribution in [-0.2, 0) is 14.3 Å². The van der Waals surface area contributed by atoms with E-state index >= 15 is 0 Å². The van der Waals surface area contributed by atoms with E-state index in [1.54, 1.807) is 6.92 Å². The lowest BCUT2D eigenvalue weighted by Crippen LogP contribution is -2.16. The summed E-state index contributed by atoms with van der Waals surface area (Å²) in [7, 11) is 3.81. The molecule has 0 aliphatic carbocycles. The number of esters is 1. The highest BCUT2D eigenvalue weighted by atomic mass is 16.5. The molecule has 1 rings (SSSR count). The summed E-state index contributed by atoms with van der Waals surface area (Å²) in [5, 5.41) is 2.68. The van der Waals surface area contributed by atoms with E-state index in [0.717, 1.165) is 37.8 Å². The number of amides is 1. The van der Waals surface area contributed by atoms with Crippen LogP contribution < -0.4 is 5.32 Å². The van der Waals surface area contributed by atoms with Crippen LogP contribution in [0.15, 0.2) is 24.1 Å². The Kier molecular flexibility index (Phi) is 8.33. The van der Waals surface area contributed by atoms with E-state index in [4.69, 9.17) is 0 Å². The molecule has 1 N–H and O–H groups in total. The van der Waals surface area contributed by atoms with E-state index in [0.29, 0.717) is 5.57 Å². The van der Waals surface area contributed by atoms with Crippen molar-refractivity contribution in [1.29, 1.82) is 0 Å². The van der Waals surface area contributed by atoms with E-state index in [-0.39, 0.29) is 11.9 Å². The molecule has 0 bridgehead atoms. The number of hydrogen-bond acceptors (Lipinski definition) is 4. The van der Waals surface area contributed by atoms with Crippen LogP contribution in [0.4, 0.5) is 0 Å². The second kappa shape index (κ2) is 9.19. The number of nitrogens with one attached hydrogen (secondary N) is 1. The van der Waals surface area contributed by atoms with Crippen LogP contribution in [0.2, 0.25) is 0 Å². The van der Waals surface area contributed by atoms with Gasteiger partial charge in [0, 0.05) is 32.8 Å². The van der Waals surface area contributed by atoms with Crippen LogP contribution >= 0.6 is 0 Å². The van der Waals surface area contributed by atoms with Crippen molar-refractivity contribution in [3.63, 3.8) is 0 Å². The molecule has 1 aliphatic rings. The van der Waals surface area contributed by atoms with Gasteiger partial charge in [0.15, 0.2) is 0 Å². The molecule has 0 aromatic rings. The Labute approximate surface area is 115 Å². The summed E-state index contributed by atoms with van der Waals surface area (Å²) < 4.78 is 4.68. The molecule has 0 radical (unpaired) electrons. The number of hydrogen-bond donors (Lipinski definition) is 1. The first kappa shape index (κ1) is 17.2. The first-order chi connectivity index (χ1) is 8.93. The maximum atomic E-state index is 11.3. The summed E-state index contributed by atoms with van der Waals surface area (Å²) in [5.74, 6) is -0.129. The monoisotopic (exact) mass is 268 g/mol. The zero-order valence-corrected chi connectivity index (χ0v) is 12.3. The fourth-order valence-corrected chi connectivity index (χ4v) is 1.76. The van der Waals surface area contributed by atoms with Gasteiger partial charge in [-0.25, -0.2) is 4.79 Å². The first-order valence-electron chi connectivity index (χ1n) is 6.39. The maximum Gasteiger partial charge on any atom is 0.340 e. The predicted octanol–water partition coefficient (Wildman–Crippen LogP) is 1.82. The Bertz CT molecular complexity index is 352. The Balaban J connectivity index is 0.000000443. The molecule has 0 saturated carbocycles. The van der Waals surface area contributed by atoms with E-state index < -0.39 is 0 Å². The van der Waals surface area contributed by atoms with Gasteiger partial charge in [0.1, 0.15) is 0 Å². The van der Waals surface area contributed by atoms with Gasteiger partial charge in [-0.2, -0.15) is 0 Å². The Morgan fingerprint density at radius 3 is 2.42 bits per heavy atom. The molecule has 108 valence electrons. The summed E-state index contributed by atoms with van der Waals surface area (Å²) in [6.07, 6.45) is 3.72. The molecular weight excluding hydrogens is 244 g/mol. The molecule has 1 saturated heterocycles. The summed E-state index contributed by atoms with van der Waals surface area (Å²) >= 11 is 0. The van der Waals surface area contributed by atoms with E-state index in [1.807, 2.05) is 25.9 Å². The van der Waals surface area contributed by atoms with Crippen molar-refractivity contribution < 1.29 is 14.3 Å². The Morgan fingerprint density at radius 1 is 1.53 bits per heavy atom. The zero-order valence-electron chi connectivity index (χ0n) is 12.3. The van der Waals surface area contributed by atoms with E-state index in [9.17, 15) is 9.59 Å². The number of allylic oxidation sites excluding steroid dienone is 1. The third kappa shape index (κ3) is 6.64. The number of carbonyl (C=O) groups excluding carboxylic acids is 2. The number of nitrogens with zero attached hydrogens (tertiary/aromatic N) is 1. The summed E-state index contributed by atoms with van der Waals surface area (Å²) in [6, 6.07) is 0. The SMILES string of the molecule is C=COC(=O)/C(C)=C(\CC)N(C)C.O=C1CCCN1. The van der Waals surface area contributed by atoms with Gasteiger partial charge in [0.25, 0.3) is 0 Å². The van der Waals surface area contributed by atoms with Crippen molar-refractivity contribution in [2.24, 2.45) is 0 Å². The number of rotatable bonds is 4. The van der Waals surface area contributed by atoms with Gasteiger partial charge < -0.3 is 15.0 Å². The molecule has 0 unspecified atom stereocenters. The zero-order chi connectivity index (χ0) is 14.8. The summed E-state index contributed by atoms with van der Waals surface area (Å²) in [6.45, 7) is 7.98. The van der Waals surface area contributed by atoms with Gasteiger partial charge in [-0.3, -0.25) is 4.79 Å². The van der Waals surface area contributed by atoms with Crippen LogP contribution in [-0.4, -0.2) is 37.4 Å². The molecule has 0 spiro atoms. The summed E-state index contributed by atoms with van der Waals surface area (Å²) in [5.41, 5.74) is 1.61. The standard InChI is InChI=1S/C10H17NO2.C4H7NO/c1-6-9(11(4)5)8(3)10(12)13-7-2;6-4-2-1-3-5-4/h7H,2,6H2,1,3-5H3;1-3H2,(H,5,6)/b9-8+;. The van der Waals surface area contributed by atoms with Crippen molar-refractivity contribution >= 4 is 11.9 Å². The van der Waals surface area contributed by atoms with Gasteiger partial charge >= 0.3 is 5.97 Å². The largest absolute Gasteiger partial charge is 0.432 e. The van der Waals surface area contributed by atoms with Gasteiger partial charge in [0.05, 0.1) is 11.8 Å². The second-order valence-electron chi connectivity index (χ2n) is 4.35. The second-order valence-corrected chi connectivity index (χ2v) is 4.35. The van der Waals surface area contributed by atoms with Crippen LogP contribution in [0.5, 0.6) is 0 Å². The number of ether oxygens (including phenoxy) is 1. The normalized spacial score (nSPS) is 14.6. The number of carbonyl (C=O) groups is 2. The molecule has 0 atom stereocenters. The highest BCUT2D eigenvalue weighted by molar-refractivity contribution is 5.88. The van der Waals surface area contributed by atoms with Crippen molar-refractivity contribution in [3.8, 4) is 0 Å². The van der Waals surface area contributed by atoms with Crippen molar-refractivity contribution in [2.75, 3.05) is 20.6 Å². The smallest absolute Gasteiger partial charge is 0.340 e. The summed E-state index contributed by atoms with van der Waals surface area (Å²) in [4.78, 5) is 23.3. The van der Waals surface area contributed by atoms with Crippen molar-refractivity contribution in [2.45, 2.75) is 33.1 Å². The highest BCUT2D eigenvalue weighted by Gasteiger charge is 2.11. The lowest BCUT2D eigenvalue weighted by molar-refractivity contribution is -0.133. The van der Waals surface area contributed by atoms with Crippen LogP contribution in [0, 0.1) is 0 Å². The fraction of sp³-hybridized carbons (Fsp3) is 0.571. The van der Waals surface area contributed by atoms with Gasteiger partial charge in [-0.05, 0) is 19.8 Å². The van der Waals surface area contributed by atoms with Crippen molar-refractivity contribution in [1.82, 2.24) is 10.2 Å². The molecule has 1 aliphatic heterocycles. The van der Waals surface area contributed by atoms with Gasteiger partial charge in [0.2, 0.25) is 5.91 Å². The van der Waals surface area contributed by atoms with Crippen LogP contribution in [0.25, 0.3) is 0 Å². The predicted molar refractivity (Wildman–Crippen MR) is 75.2 cm³/mol. The van der Waals surface area contributed by atoms with E-state index in [2.05, 4.69) is 16.6 Å². The molecule has 19 heavy (non-hydrogen) atoms. The molecule has 0 aromatic heterocycles. The molecule has 5 nitrogen and oxygen atoms in total. The minimum absolute atomic E-state index is 0.204. The Morgan fingerprint density at radius 2 is 2.16 bits per heavy atom. The van der Waals surface area contributed by atoms with Gasteiger partial charge in [-0.15, -0.1) is 0 Å². The quantitative estimate of drug-likeness (QED) is 0.480. The molecule has 0 aromatic carbocycles. The molecule has 1 heterocycles. The lowest BCUT2D eigenvalue weighted by Gasteiger charge is -2.17. The third-order valence-corrected chi connectivity index (χ3v) is 2.71. The van der Waals surface area contributed by atoms with Crippen LogP contribution in [0.3, 0.4) is 0 Å². The average molecular weight is 268 g/mol. The molecule has 1 fully saturated rings. The third-order valence-electron chi connectivity index (χ3n) is 2.71. The lowest BCUT2D eigenvalue weighted by atomic mass is 10.2. The molecule has 5 heteroatoms. The molecule has 1 amide bonds. The minimum Gasteiger partial charge on any atom is -0.432 e. The van der Waals surface area contributed by atoms with Gasteiger partial charge in [-0.1, -0.05) is 13.5 Å². The van der Waals surface area contributed by atoms with E-state index in [1.165, 1.54) is 0 Å². The minimum atomic E-state index is -0.333. The average Bonchev–Trinajstić information content (AvgIpc) is 2.81. The first-order valence-corrected chi connectivity index (χ1v) is 6.39. The van der Waals surface area contributed by atoms with Crippen molar-refractivity contribution in [3.05, 3.63) is 24.1 Å². The Hall–Kier alpha value is -1.78. The van der Waals surface area contributed by atoms with Crippen LogP contribution in [0.1, 0.15) is 33.1 Å².